The molecule has 4 unspecified atom stereocenters. The number of thioether (sulfide) groups is 1. The van der Waals surface area contributed by atoms with Gasteiger partial charge in [-0.25, -0.2) is 55.3 Å². The van der Waals surface area contributed by atoms with Gasteiger partial charge in [0.15, 0.2) is 49.3 Å². The number of amides is 4. The zero-order chi connectivity index (χ0) is 84.6. The first-order valence-corrected chi connectivity index (χ1v) is 43.0. The molecule has 9 aliphatic heterocycles. The number of carboxylic acids is 2. The van der Waals surface area contributed by atoms with Crippen LogP contribution in [-0.4, -0.2) is 364 Å². The zero-order valence-corrected chi connectivity index (χ0v) is 90.3. The Morgan fingerprint density at radius 3 is 1.45 bits per heavy atom. The molecule has 0 aromatic rings. The summed E-state index contributed by atoms with van der Waals surface area (Å²) in [5.74, 6) is -5.16. The van der Waals surface area contributed by atoms with E-state index in [2.05, 4.69) is 42.2 Å². The molecule has 9 heterocycles. The summed E-state index contributed by atoms with van der Waals surface area (Å²) in [6.45, 7) is -4.65. The summed E-state index contributed by atoms with van der Waals surface area (Å²) in [5.41, 5.74) is -6.63. The van der Waals surface area contributed by atoms with Crippen LogP contribution >= 0.6 is 11.8 Å². The van der Waals surface area contributed by atoms with E-state index in [1.54, 1.807) is 11.8 Å². The van der Waals surface area contributed by atoms with E-state index in [9.17, 15) is 117 Å². The average molecular weight is 1980 g/mol. The molecule has 9 saturated heterocycles. The Balaban J connectivity index is 0.0000183. The van der Waals surface area contributed by atoms with Gasteiger partial charge in [-0.15, -0.1) is 0 Å². The smallest absolute Gasteiger partial charge is 0.726 e. The zero-order valence-electron chi connectivity index (χ0n) is 68.6. The van der Waals surface area contributed by atoms with Crippen molar-refractivity contribution in [1.82, 2.24) is 21.3 Å². The van der Waals surface area contributed by atoms with Crippen LogP contribution in [0.4, 0.5) is 4.79 Å². The molecule has 67 heteroatoms. The number of aliphatic hydroxyl groups is 1. The number of nitrogens with one attached hydrogen (secondary N) is 4. The van der Waals surface area contributed by atoms with E-state index >= 15 is 0 Å². The monoisotopic (exact) mass is 1970 g/mol. The van der Waals surface area contributed by atoms with Crippen LogP contribution in [0.5, 0.6) is 0 Å². The first kappa shape index (κ1) is 126. The van der Waals surface area contributed by atoms with Gasteiger partial charge in [0.2, 0.25) is 74.2 Å². The van der Waals surface area contributed by atoms with Gasteiger partial charge in [0.25, 0.3) is 0 Å². The number of urea groups is 1. The topological polar surface area (TPSA) is 746 Å². The summed E-state index contributed by atoms with van der Waals surface area (Å²) in [6, 6.07) is -2.10. The fourth-order valence-corrected chi connectivity index (χ4v) is 18.2. The fraction of sp³-hybridized carbons (Fsp3) is 0.909. The first-order chi connectivity index (χ1) is 53.2. The predicted molar refractivity (Wildman–Crippen MR) is 346 cm³/mol. The van der Waals surface area contributed by atoms with Crippen molar-refractivity contribution >= 4 is 104 Å². The molecule has 4 amide bonds. The number of aliphatic hydroxyl groups excluding tert-OH is 1. The molecule has 9 aliphatic rings. The second-order valence-corrected chi connectivity index (χ2v) is 33.7. The van der Waals surface area contributed by atoms with Crippen LogP contribution in [0.3, 0.4) is 0 Å². The maximum Gasteiger partial charge on any atom is 1.00 e. The van der Waals surface area contributed by atoms with Gasteiger partial charge in [-0.3, -0.25) is 34.7 Å². The normalized spacial score (nSPS) is 35.1. The van der Waals surface area contributed by atoms with Gasteiger partial charge < -0.3 is 149 Å². The number of aliphatic carboxylic acids is 2. The Labute approximate surface area is 883 Å². The van der Waals surface area contributed by atoms with Crippen molar-refractivity contribution in [3.05, 3.63) is 0 Å². The SMILES string of the molecule is CC[C@]1(C(=O)[O-])O[C@@H](O[C@H]2[C@H](OS(=O)(=O)[O-])[C@@H](OS(=O)(=O)[O-])[C@@H](O[C@@H]3[C@H](OC)[C@H]4OC[C@]3(C(=O)[O-])OC4O[C@H]3[C@H](OC)[C@@H](OS(=O)(=O)[O-])[C@@H](OC)O[C@@H]3COS(=O)(=O)[O-])O[C@@H]2COS(=O)(=O)[O-])[C@H](OC)[C@@H](OC)[C@@H]1O[C@@H]1O[C@H](COS(=O)(=O)[O-])[C@@H](OC)[C@H](O)[C@H]1NC(=O)CCCCCNC(=O)CCCCC1SCC2NC(=O)NC21.[Na+].[Na+].[Na+].[Na+].[Na+].[Na+].[Na+].[Na+]. The number of ether oxygens (including phenoxy) is 16. The third-order valence-electron chi connectivity index (χ3n) is 19.3. The van der Waals surface area contributed by atoms with E-state index in [0.717, 1.165) is 68.2 Å². The average Bonchev–Trinajstić information content (AvgIpc) is 0.803. The van der Waals surface area contributed by atoms with Crippen LogP contribution in [0.15, 0.2) is 0 Å². The molecule has 28 atom stereocenters. The minimum absolute atomic E-state index is 0. The van der Waals surface area contributed by atoms with Crippen molar-refractivity contribution in [1.29, 1.82) is 0 Å². The Morgan fingerprint density at radius 2 is 0.959 bits per heavy atom. The Morgan fingerprint density at radius 1 is 0.492 bits per heavy atom. The number of carbonyl (C=O) groups excluding carboxylic acids is 5. The maximum absolute atomic E-state index is 14.0. The van der Waals surface area contributed by atoms with E-state index in [4.69, 9.17) is 80.0 Å². The number of rotatable bonds is 44. The summed E-state index contributed by atoms with van der Waals surface area (Å²) in [6.07, 6.45) is -51.1. The minimum Gasteiger partial charge on any atom is -0.726 e. The molecule has 0 aromatic carbocycles. The van der Waals surface area contributed by atoms with E-state index in [1.807, 2.05) is 0 Å². The first-order valence-electron chi connectivity index (χ1n) is 34.0. The quantitative estimate of drug-likeness (QED) is 0.0124. The van der Waals surface area contributed by atoms with Crippen molar-refractivity contribution in [2.75, 3.05) is 81.4 Å². The van der Waals surface area contributed by atoms with E-state index in [0.29, 0.717) is 19.3 Å². The number of methoxy groups -OCH3 is 6. The second kappa shape index (κ2) is 55.0. The molecule has 122 heavy (non-hydrogen) atoms. The summed E-state index contributed by atoms with van der Waals surface area (Å²) in [7, 11) is -31.2. The Hall–Kier alpha value is 4.04. The number of hydrogen-bond donors (Lipinski definition) is 5. The molecule has 9 fully saturated rings. The maximum atomic E-state index is 14.0. The number of carbonyl (C=O) groups is 5. The van der Waals surface area contributed by atoms with Crippen molar-refractivity contribution in [3.8, 4) is 0 Å². The van der Waals surface area contributed by atoms with Crippen LogP contribution in [0, 0.1) is 0 Å². The van der Waals surface area contributed by atoms with Crippen molar-refractivity contribution in [2.24, 2.45) is 0 Å². The van der Waals surface area contributed by atoms with Gasteiger partial charge in [-0.1, -0.05) is 19.8 Å². The van der Waals surface area contributed by atoms with Crippen LogP contribution in [0.2, 0.25) is 0 Å². The van der Waals surface area contributed by atoms with Crippen LogP contribution in [0.1, 0.15) is 64.7 Å². The molecule has 0 aromatic heterocycles. The van der Waals surface area contributed by atoms with Crippen LogP contribution in [-0.2, 0) is 182 Å². The summed E-state index contributed by atoms with van der Waals surface area (Å²) in [4.78, 5) is 65.9. The van der Waals surface area contributed by atoms with Gasteiger partial charge in [0, 0.05) is 73.0 Å². The number of fused-ring (bicyclic) bond motifs is 4. The van der Waals surface area contributed by atoms with Gasteiger partial charge >= 0.3 is 242 Å². The third-order valence-corrected chi connectivity index (χ3v) is 23.4. The fourth-order valence-electron chi connectivity index (χ4n) is 14.3. The van der Waals surface area contributed by atoms with Crippen molar-refractivity contribution < 1.29 is 454 Å². The molecule has 2 bridgehead atoms. The molecule has 660 valence electrons. The molecule has 5 N–H and O–H groups in total. The standard InChI is InChI=1S/C55H90N4O48S7.8Na/c1-8-54(51(63)64)44(101-46-31(32(62)33(86-2)24(96-46)18-93-109(68,69)70)58-29(61)16-10-9-13-17-56-28(60)15-12-11-14-27-30-23(21-108-27)57-53(67)59-30)38(88-4)40(90-6)49(103-54)100-35-26(20-95-111(74,75)76)98-48(43(107-114(83,84)85)37(35)105-112(77,78)79)102-45-39(89-5)41-50(104-55(45,22-92-41)52(65)66)99-34-25(19-94-110(71,72)73)97-47(91-7)42(36(34)87-3)106-113(80,81)82;;;;;;;;/h23-27,30-50,62H,8-22H2,1-7H3,(H,56,60)(H,58,61)(H,63,64)(H,65,66)(H2,57,59,67)(H,68,69,70)(H,71,72,73)(H,74,75,76)(H,77,78,79)(H,80,81,82)(H,83,84,85);;;;;;;;/q;8*+1/p-8/t23?,24-,25-,26-,27?,30?,31-,32-,33-,34-,35-,36+,37+,38-,39-,40-,41-,42-,43-,44+,45-,46+,47+,48-,49-,50?,54+,55+;;;;;;;;/m1......../s1. The molecule has 0 spiro atoms. The molecular weight excluding hydrogens is 1890 g/mol. The van der Waals surface area contributed by atoms with E-state index in [1.165, 1.54) is 0 Å². The van der Waals surface area contributed by atoms with Gasteiger partial charge in [-0.2, -0.15) is 11.8 Å². The van der Waals surface area contributed by atoms with Crippen molar-refractivity contribution in [3.63, 3.8) is 0 Å². The summed E-state index contributed by atoms with van der Waals surface area (Å²) in [5, 5.41) is 50.8. The van der Waals surface area contributed by atoms with Crippen LogP contribution < -0.4 is 268 Å². The Kier molecular flexibility index (Phi) is 56.8. The molecule has 0 saturated carbocycles. The summed E-state index contributed by atoms with van der Waals surface area (Å²) < 4.78 is 340. The van der Waals surface area contributed by atoms with E-state index < -0.39 is 266 Å². The molecule has 52 nitrogen and oxygen atoms in total. The van der Waals surface area contributed by atoms with Gasteiger partial charge in [-0.05, 0) is 32.1 Å². The van der Waals surface area contributed by atoms with Gasteiger partial charge in [0.1, 0.15) is 103 Å². The third kappa shape index (κ3) is 34.6. The van der Waals surface area contributed by atoms with Gasteiger partial charge in [0.05, 0.1) is 50.4 Å². The predicted octanol–water partition coefficient (Wildman–Crippen LogP) is -34.8. The largest absolute Gasteiger partial charge is 1.00 e. The second-order valence-electron chi connectivity index (χ2n) is 26.2. The molecule has 0 radical (unpaired) electrons. The number of unbranched alkanes of at least 4 members (excludes halogenated alkanes) is 3. The van der Waals surface area contributed by atoms with E-state index in [-0.39, 0.29) is 292 Å². The summed E-state index contributed by atoms with van der Waals surface area (Å²) >= 11 is 1.74. The molecule has 0 aliphatic carbocycles. The number of hydrogen-bond acceptors (Lipinski definition) is 49. The minimum atomic E-state index is -6.54. The van der Waals surface area contributed by atoms with Crippen LogP contribution in [0.25, 0.3) is 0 Å². The van der Waals surface area contributed by atoms with Crippen molar-refractivity contribution in [2.45, 2.75) is 235 Å². The number of carboxylic acid groups (broad SMARTS) is 2. The Bertz CT molecular complexity index is 4050. The molecular formula is C55H82N4Na8O48S7. The molecule has 9 rings (SSSR count).